The summed E-state index contributed by atoms with van der Waals surface area (Å²) in [6.07, 6.45) is 9.77. The van der Waals surface area contributed by atoms with E-state index in [0.717, 1.165) is 18.2 Å². The molecule has 4 N–H and O–H groups in total. The first kappa shape index (κ1) is 26.4. The first-order valence-corrected chi connectivity index (χ1v) is 12.9. The Labute approximate surface area is 183 Å². The molecule has 1 heterocycles. The van der Waals surface area contributed by atoms with Gasteiger partial charge in [-0.3, -0.25) is 18.8 Å². The Hall–Kier alpha value is -1.65. The fourth-order valence-electron chi connectivity index (χ4n) is 2.77. The van der Waals surface area contributed by atoms with E-state index in [1.165, 1.54) is 38.2 Å². The molecular weight excluding hydrogens is 426 g/mol. The molecule has 0 radical (unpaired) electrons. The van der Waals surface area contributed by atoms with Crippen LogP contribution in [0.1, 0.15) is 56.7 Å². The zero-order valence-corrected chi connectivity index (χ0v) is 19.3. The van der Waals surface area contributed by atoms with Crippen LogP contribution in [0.2, 0.25) is 0 Å². The van der Waals surface area contributed by atoms with Crippen molar-refractivity contribution in [2.45, 2.75) is 58.4 Å². The molecule has 0 spiro atoms. The van der Waals surface area contributed by atoms with Gasteiger partial charge in [-0.15, -0.1) is 11.8 Å². The molecule has 0 bridgehead atoms. The molecule has 1 unspecified atom stereocenters. The van der Waals surface area contributed by atoms with Crippen molar-refractivity contribution in [1.29, 1.82) is 0 Å². The molecule has 1 amide bonds. The third-order valence-corrected chi connectivity index (χ3v) is 7.46. The normalized spacial score (nSPS) is 13.4. The van der Waals surface area contributed by atoms with Crippen LogP contribution in [0.5, 0.6) is 0 Å². The van der Waals surface area contributed by atoms with Gasteiger partial charge in [0.15, 0.2) is 0 Å². The minimum Gasteiger partial charge on any atom is -0.394 e. The first-order chi connectivity index (χ1) is 14.4. The Balaban J connectivity index is 2.37. The zero-order valence-electron chi connectivity index (χ0n) is 17.7. The van der Waals surface area contributed by atoms with Gasteiger partial charge in [0.2, 0.25) is 5.91 Å². The lowest BCUT2D eigenvalue weighted by atomic mass is 10.1. The van der Waals surface area contributed by atoms with E-state index in [0.29, 0.717) is 10.8 Å². The Bertz CT molecular complexity index is 819. The maximum Gasteiger partial charge on any atom is 0.325 e. The van der Waals surface area contributed by atoms with Crippen molar-refractivity contribution in [3.63, 3.8) is 0 Å². The predicted octanol–water partition coefficient (Wildman–Crippen LogP) is 1.66. The minimum absolute atomic E-state index is 0.165. The number of aryl methyl sites for hydroxylation is 1. The van der Waals surface area contributed by atoms with E-state index in [9.17, 15) is 23.7 Å². The van der Waals surface area contributed by atoms with Crippen molar-refractivity contribution in [2.75, 3.05) is 23.2 Å². The van der Waals surface area contributed by atoms with Crippen LogP contribution in [-0.4, -0.2) is 54.4 Å². The Morgan fingerprint density at radius 3 is 2.57 bits per heavy atom. The molecule has 0 aliphatic rings. The van der Waals surface area contributed by atoms with E-state index in [1.54, 1.807) is 18.7 Å². The van der Waals surface area contributed by atoms with Gasteiger partial charge in [0.1, 0.15) is 0 Å². The second-order valence-electron chi connectivity index (χ2n) is 7.07. The molecule has 0 saturated carbocycles. The number of carbonyl (C=O) groups excluding carboxylic acids is 1. The lowest BCUT2D eigenvalue weighted by Gasteiger charge is -2.14. The third kappa shape index (κ3) is 10.9. The van der Waals surface area contributed by atoms with Crippen molar-refractivity contribution >= 4 is 34.5 Å². The van der Waals surface area contributed by atoms with Gasteiger partial charge in [0.05, 0.1) is 23.3 Å². The SMILES string of the molecule is CCCCCCCCSC[S@@](=O)CC(CO)NC(=O)/C=C/c1c(C)[nH]c(=O)[nH]c1=O. The van der Waals surface area contributed by atoms with E-state index < -0.39 is 34.0 Å². The fourth-order valence-corrected chi connectivity index (χ4v) is 5.41. The van der Waals surface area contributed by atoms with E-state index in [-0.39, 0.29) is 17.9 Å². The van der Waals surface area contributed by atoms with Crippen molar-refractivity contribution < 1.29 is 14.1 Å². The molecular formula is C20H33N3O5S2. The summed E-state index contributed by atoms with van der Waals surface area (Å²) in [6, 6.07) is -0.632. The fraction of sp³-hybridized carbons (Fsp3) is 0.650. The average Bonchev–Trinajstić information content (AvgIpc) is 2.68. The lowest BCUT2D eigenvalue weighted by molar-refractivity contribution is -0.117. The van der Waals surface area contributed by atoms with Crippen molar-refractivity contribution in [3.05, 3.63) is 38.2 Å². The number of hydrogen-bond donors (Lipinski definition) is 4. The van der Waals surface area contributed by atoms with Crippen LogP contribution in [-0.2, 0) is 15.6 Å². The molecule has 10 heteroatoms. The third-order valence-electron chi connectivity index (χ3n) is 4.39. The van der Waals surface area contributed by atoms with Crippen LogP contribution in [0.3, 0.4) is 0 Å². The van der Waals surface area contributed by atoms with E-state index >= 15 is 0 Å². The molecule has 1 aromatic rings. The topological polar surface area (TPSA) is 132 Å². The van der Waals surface area contributed by atoms with Gasteiger partial charge in [0, 0.05) is 28.3 Å². The summed E-state index contributed by atoms with van der Waals surface area (Å²) in [5.41, 5.74) is -0.700. The lowest BCUT2D eigenvalue weighted by Crippen LogP contribution is -2.40. The molecule has 170 valence electrons. The molecule has 0 aliphatic heterocycles. The van der Waals surface area contributed by atoms with Crippen LogP contribution >= 0.6 is 11.8 Å². The van der Waals surface area contributed by atoms with Crippen LogP contribution < -0.4 is 16.6 Å². The number of aliphatic hydroxyl groups is 1. The van der Waals surface area contributed by atoms with Gasteiger partial charge in [0.25, 0.3) is 5.56 Å². The van der Waals surface area contributed by atoms with Gasteiger partial charge in [-0.05, 0) is 25.2 Å². The van der Waals surface area contributed by atoms with Crippen LogP contribution in [0.25, 0.3) is 6.08 Å². The summed E-state index contributed by atoms with van der Waals surface area (Å²) in [5, 5.41) is 12.5. The number of nitrogens with one attached hydrogen (secondary N) is 3. The minimum atomic E-state index is -1.16. The highest BCUT2D eigenvalue weighted by atomic mass is 32.2. The van der Waals surface area contributed by atoms with Crippen LogP contribution in [0.15, 0.2) is 15.7 Å². The van der Waals surface area contributed by atoms with Crippen LogP contribution in [0.4, 0.5) is 0 Å². The number of aromatic amines is 2. The predicted molar refractivity (Wildman–Crippen MR) is 124 cm³/mol. The number of aliphatic hydroxyl groups excluding tert-OH is 1. The number of hydrogen-bond acceptors (Lipinski definition) is 6. The number of H-pyrrole nitrogens is 2. The van der Waals surface area contributed by atoms with Gasteiger partial charge >= 0.3 is 5.69 Å². The quantitative estimate of drug-likeness (QED) is 0.233. The second-order valence-corrected chi connectivity index (χ2v) is 10.0. The summed E-state index contributed by atoms with van der Waals surface area (Å²) in [7, 11) is -1.16. The summed E-state index contributed by atoms with van der Waals surface area (Å²) in [4.78, 5) is 39.6. The Kier molecular flexibility index (Phi) is 13.4. The first-order valence-electron chi connectivity index (χ1n) is 10.2. The number of rotatable bonds is 15. The second kappa shape index (κ2) is 15.2. The molecule has 1 aromatic heterocycles. The van der Waals surface area contributed by atoms with E-state index in [2.05, 4.69) is 22.2 Å². The van der Waals surface area contributed by atoms with Gasteiger partial charge in [-0.25, -0.2) is 4.79 Å². The van der Waals surface area contributed by atoms with E-state index in [4.69, 9.17) is 0 Å². The number of aromatic nitrogens is 2. The standard InChI is InChI=1S/C20H33N3O5S2/c1-3-4-5-6-7-8-11-29-14-30(28)13-16(12-24)22-18(25)10-9-17-15(2)21-20(27)23-19(17)26/h9-10,16,24H,3-8,11-14H2,1-2H3,(H,22,25)(H2,21,23,26,27)/b10-9+/t16?,30-/m0/s1. The highest BCUT2D eigenvalue weighted by Crippen LogP contribution is 2.11. The molecule has 0 aliphatic carbocycles. The number of thioether (sulfide) groups is 1. The molecule has 1 rings (SSSR count). The summed E-state index contributed by atoms with van der Waals surface area (Å²) in [6.45, 7) is 3.42. The number of amides is 1. The molecule has 0 fully saturated rings. The zero-order chi connectivity index (χ0) is 22.4. The van der Waals surface area contributed by atoms with Gasteiger partial charge in [-0.1, -0.05) is 39.0 Å². The van der Waals surface area contributed by atoms with Crippen molar-refractivity contribution in [3.8, 4) is 0 Å². The average molecular weight is 460 g/mol. The summed E-state index contributed by atoms with van der Waals surface area (Å²) >= 11 is 1.63. The highest BCUT2D eigenvalue weighted by Gasteiger charge is 2.14. The Morgan fingerprint density at radius 2 is 1.90 bits per heavy atom. The monoisotopic (exact) mass is 459 g/mol. The van der Waals surface area contributed by atoms with E-state index in [1.807, 2.05) is 0 Å². The molecule has 30 heavy (non-hydrogen) atoms. The molecule has 8 nitrogen and oxygen atoms in total. The van der Waals surface area contributed by atoms with Crippen molar-refractivity contribution in [2.24, 2.45) is 0 Å². The molecule has 0 saturated heterocycles. The maximum absolute atomic E-state index is 12.2. The smallest absolute Gasteiger partial charge is 0.325 e. The summed E-state index contributed by atoms with van der Waals surface area (Å²) in [5.74, 6) is 0.609. The van der Waals surface area contributed by atoms with Crippen LogP contribution in [0, 0.1) is 6.92 Å². The number of carbonyl (C=O) groups is 1. The highest BCUT2D eigenvalue weighted by molar-refractivity contribution is 8.10. The largest absolute Gasteiger partial charge is 0.394 e. The number of unbranched alkanes of at least 4 members (excludes halogenated alkanes) is 5. The maximum atomic E-state index is 12.2. The molecule has 0 aromatic carbocycles. The Morgan fingerprint density at radius 1 is 1.20 bits per heavy atom. The van der Waals surface area contributed by atoms with Crippen molar-refractivity contribution in [1.82, 2.24) is 15.3 Å². The molecule has 2 atom stereocenters. The van der Waals surface area contributed by atoms with Gasteiger partial charge < -0.3 is 15.4 Å². The summed E-state index contributed by atoms with van der Waals surface area (Å²) < 4.78 is 12.2. The van der Waals surface area contributed by atoms with Gasteiger partial charge in [-0.2, -0.15) is 0 Å².